The van der Waals surface area contributed by atoms with Crippen molar-refractivity contribution in [3.63, 3.8) is 0 Å². The first-order chi connectivity index (χ1) is 6.39. The summed E-state index contributed by atoms with van der Waals surface area (Å²) in [7, 11) is 0. The molecule has 1 aromatic heterocycles. The minimum absolute atomic E-state index is 0.245. The number of pyridine rings is 1. The van der Waals surface area contributed by atoms with Gasteiger partial charge in [0.15, 0.2) is 0 Å². The van der Waals surface area contributed by atoms with Crippen LogP contribution in [0.15, 0.2) is 22.8 Å². The zero-order chi connectivity index (χ0) is 10.8. The van der Waals surface area contributed by atoms with Crippen molar-refractivity contribution in [3.05, 3.63) is 22.8 Å². The largest absolute Gasteiger partial charge is 0.367 e. The predicted molar refractivity (Wildman–Crippen MR) is 64.5 cm³/mol. The molecule has 0 saturated carbocycles. The maximum absolute atomic E-state index is 4.27. The highest BCUT2D eigenvalue weighted by Crippen LogP contribution is 2.22. The fourth-order valence-corrected chi connectivity index (χ4v) is 1.13. The monoisotopic (exact) mass is 256 g/mol. The first kappa shape index (κ1) is 11.5. The number of nitrogens with zero attached hydrogens (tertiary/aromatic N) is 1. The molecule has 3 heteroatoms. The molecule has 0 radical (unpaired) electrons. The van der Waals surface area contributed by atoms with Crippen molar-refractivity contribution in [1.29, 1.82) is 0 Å². The van der Waals surface area contributed by atoms with Gasteiger partial charge < -0.3 is 5.32 Å². The first-order valence-corrected chi connectivity index (χ1v) is 5.57. The van der Waals surface area contributed by atoms with Crippen LogP contribution in [0, 0.1) is 5.41 Å². The maximum Gasteiger partial charge on any atom is 0.126 e. The van der Waals surface area contributed by atoms with Gasteiger partial charge in [-0.05, 0) is 40.4 Å². The second kappa shape index (κ2) is 4.30. The van der Waals surface area contributed by atoms with E-state index in [4.69, 9.17) is 0 Å². The highest BCUT2D eigenvalue weighted by atomic mass is 79.9. The highest BCUT2D eigenvalue weighted by Gasteiger charge is 2.19. The lowest BCUT2D eigenvalue weighted by atomic mass is 9.88. The van der Waals surface area contributed by atoms with Gasteiger partial charge in [-0.2, -0.15) is 0 Å². The third kappa shape index (κ3) is 3.29. The molecule has 1 atom stereocenters. The number of nitrogens with one attached hydrogen (secondary N) is 1. The molecule has 1 N–H and O–H groups in total. The van der Waals surface area contributed by atoms with Gasteiger partial charge in [-0.25, -0.2) is 4.98 Å². The third-order valence-corrected chi connectivity index (χ3v) is 2.86. The van der Waals surface area contributed by atoms with Crippen LogP contribution in [0.3, 0.4) is 0 Å². The molecule has 1 unspecified atom stereocenters. The average Bonchev–Trinajstić information content (AvgIpc) is 2.07. The van der Waals surface area contributed by atoms with Gasteiger partial charge in [0.1, 0.15) is 5.82 Å². The van der Waals surface area contributed by atoms with Gasteiger partial charge in [-0.3, -0.25) is 0 Å². The maximum atomic E-state index is 4.27. The van der Waals surface area contributed by atoms with Crippen molar-refractivity contribution in [2.45, 2.75) is 33.7 Å². The van der Waals surface area contributed by atoms with Gasteiger partial charge >= 0.3 is 0 Å². The molecule has 0 bridgehead atoms. The van der Waals surface area contributed by atoms with E-state index in [-0.39, 0.29) is 5.41 Å². The summed E-state index contributed by atoms with van der Waals surface area (Å²) in [5.41, 5.74) is 0.245. The topological polar surface area (TPSA) is 24.9 Å². The summed E-state index contributed by atoms with van der Waals surface area (Å²) in [6.45, 7) is 8.81. The van der Waals surface area contributed by atoms with Gasteiger partial charge in [0.2, 0.25) is 0 Å². The lowest BCUT2D eigenvalue weighted by Crippen LogP contribution is -2.31. The van der Waals surface area contributed by atoms with Crippen LogP contribution in [0.1, 0.15) is 27.7 Å². The summed E-state index contributed by atoms with van der Waals surface area (Å²) >= 11 is 3.36. The number of anilines is 1. The molecule has 0 spiro atoms. The van der Waals surface area contributed by atoms with Crippen molar-refractivity contribution in [2.24, 2.45) is 5.41 Å². The minimum Gasteiger partial charge on any atom is -0.367 e. The number of hydrogen-bond donors (Lipinski definition) is 1. The molecule has 0 fully saturated rings. The molecular formula is C11H17BrN2. The normalized spacial score (nSPS) is 13.8. The second-order valence-corrected chi connectivity index (χ2v) is 5.51. The first-order valence-electron chi connectivity index (χ1n) is 4.77. The Morgan fingerprint density at radius 3 is 2.43 bits per heavy atom. The summed E-state index contributed by atoms with van der Waals surface area (Å²) in [4.78, 5) is 4.27. The quantitative estimate of drug-likeness (QED) is 0.873. The van der Waals surface area contributed by atoms with Crippen LogP contribution in [-0.2, 0) is 0 Å². The molecule has 0 saturated heterocycles. The summed E-state index contributed by atoms with van der Waals surface area (Å²) in [6, 6.07) is 4.37. The number of halogens is 1. The number of rotatable bonds is 2. The number of aromatic nitrogens is 1. The molecule has 0 aliphatic heterocycles. The zero-order valence-corrected chi connectivity index (χ0v) is 10.7. The Hall–Kier alpha value is -0.570. The molecule has 0 aliphatic rings. The smallest absolute Gasteiger partial charge is 0.126 e. The summed E-state index contributed by atoms with van der Waals surface area (Å²) in [5, 5.41) is 3.38. The van der Waals surface area contributed by atoms with Crippen LogP contribution in [0.5, 0.6) is 0 Å². The van der Waals surface area contributed by atoms with Gasteiger partial charge in [0.05, 0.1) is 0 Å². The highest BCUT2D eigenvalue weighted by molar-refractivity contribution is 9.10. The van der Waals surface area contributed by atoms with Gasteiger partial charge in [-0.15, -0.1) is 0 Å². The molecule has 1 heterocycles. The fourth-order valence-electron chi connectivity index (χ4n) is 0.900. The Balaban J connectivity index is 2.65. The Morgan fingerprint density at radius 2 is 2.00 bits per heavy atom. The molecule has 14 heavy (non-hydrogen) atoms. The zero-order valence-electron chi connectivity index (χ0n) is 9.13. The molecule has 78 valence electrons. The SMILES string of the molecule is CC(Nc1ccc(Br)cn1)C(C)(C)C. The molecule has 0 aliphatic carbocycles. The molecular weight excluding hydrogens is 240 g/mol. The Kier molecular flexibility index (Phi) is 3.53. The van der Waals surface area contributed by atoms with E-state index in [2.05, 4.69) is 53.9 Å². The lowest BCUT2D eigenvalue weighted by Gasteiger charge is -2.28. The summed E-state index contributed by atoms with van der Waals surface area (Å²) < 4.78 is 1.01. The molecule has 1 aromatic rings. The number of hydrogen-bond acceptors (Lipinski definition) is 2. The van der Waals surface area contributed by atoms with Crippen molar-refractivity contribution in [3.8, 4) is 0 Å². The van der Waals surface area contributed by atoms with Gasteiger partial charge in [-0.1, -0.05) is 20.8 Å². The van der Waals surface area contributed by atoms with E-state index in [9.17, 15) is 0 Å². The lowest BCUT2D eigenvalue weighted by molar-refractivity contribution is 0.359. The molecule has 2 nitrogen and oxygen atoms in total. The van der Waals surface area contributed by atoms with E-state index in [1.54, 1.807) is 6.20 Å². The van der Waals surface area contributed by atoms with Gasteiger partial charge in [0, 0.05) is 16.7 Å². The Labute approximate surface area is 94.3 Å². The van der Waals surface area contributed by atoms with Crippen molar-refractivity contribution >= 4 is 21.7 Å². The van der Waals surface area contributed by atoms with Crippen LogP contribution in [0.2, 0.25) is 0 Å². The van der Waals surface area contributed by atoms with E-state index in [1.807, 2.05) is 12.1 Å². The Morgan fingerprint density at radius 1 is 1.36 bits per heavy atom. The Bertz CT molecular complexity index is 287. The second-order valence-electron chi connectivity index (χ2n) is 4.59. The predicted octanol–water partition coefficient (Wildman–Crippen LogP) is 3.69. The summed E-state index contributed by atoms with van der Waals surface area (Å²) in [5.74, 6) is 0.927. The van der Waals surface area contributed by atoms with Crippen molar-refractivity contribution in [1.82, 2.24) is 4.98 Å². The summed E-state index contributed by atoms with van der Waals surface area (Å²) in [6.07, 6.45) is 1.80. The standard InChI is InChI=1S/C11H17BrN2/c1-8(11(2,3)4)14-10-6-5-9(12)7-13-10/h5-8H,1-4H3,(H,13,14). The molecule has 1 rings (SSSR count). The van der Waals surface area contributed by atoms with Crippen molar-refractivity contribution < 1.29 is 0 Å². The van der Waals surface area contributed by atoms with Crippen LogP contribution >= 0.6 is 15.9 Å². The van der Waals surface area contributed by atoms with E-state index in [1.165, 1.54) is 0 Å². The van der Waals surface area contributed by atoms with Crippen LogP contribution in [0.25, 0.3) is 0 Å². The fraction of sp³-hybridized carbons (Fsp3) is 0.545. The van der Waals surface area contributed by atoms with E-state index < -0.39 is 0 Å². The van der Waals surface area contributed by atoms with Crippen LogP contribution in [-0.4, -0.2) is 11.0 Å². The van der Waals surface area contributed by atoms with E-state index in [0.717, 1.165) is 10.3 Å². The van der Waals surface area contributed by atoms with Crippen molar-refractivity contribution in [2.75, 3.05) is 5.32 Å². The third-order valence-electron chi connectivity index (χ3n) is 2.39. The van der Waals surface area contributed by atoms with E-state index >= 15 is 0 Å². The minimum atomic E-state index is 0.245. The van der Waals surface area contributed by atoms with E-state index in [0.29, 0.717) is 6.04 Å². The average molecular weight is 257 g/mol. The molecule has 0 amide bonds. The van der Waals surface area contributed by atoms with Gasteiger partial charge in [0.25, 0.3) is 0 Å². The molecule has 0 aromatic carbocycles. The van der Waals surface area contributed by atoms with Crippen LogP contribution in [0.4, 0.5) is 5.82 Å². The van der Waals surface area contributed by atoms with Crippen LogP contribution < -0.4 is 5.32 Å².